The van der Waals surface area contributed by atoms with Gasteiger partial charge < -0.3 is 4.74 Å². The fourth-order valence-electron chi connectivity index (χ4n) is 3.28. The van der Waals surface area contributed by atoms with E-state index in [1.165, 1.54) is 12.8 Å². The minimum atomic E-state index is 0.285. The molecule has 0 bridgehead atoms. The predicted molar refractivity (Wildman–Crippen MR) is 41.1 cm³/mol. The molecule has 1 heterocycles. The van der Waals surface area contributed by atoms with Crippen LogP contribution >= 0.6 is 0 Å². The third-order valence-corrected chi connectivity index (χ3v) is 4.22. The molecule has 2 saturated carbocycles. The van der Waals surface area contributed by atoms with Gasteiger partial charge in [0, 0.05) is 5.92 Å². The highest BCUT2D eigenvalue weighted by molar-refractivity contribution is 5.58. The molecular formula is C10H12O. The molecule has 11 heavy (non-hydrogen) atoms. The summed E-state index contributed by atoms with van der Waals surface area (Å²) < 4.78 is 5.88. The second kappa shape index (κ2) is 1.20. The lowest BCUT2D eigenvalue weighted by Crippen LogP contribution is -2.23. The summed E-state index contributed by atoms with van der Waals surface area (Å²) in [7, 11) is 0. The zero-order valence-electron chi connectivity index (χ0n) is 6.76. The van der Waals surface area contributed by atoms with Gasteiger partial charge in [0.15, 0.2) is 0 Å². The van der Waals surface area contributed by atoms with Gasteiger partial charge in [0.25, 0.3) is 0 Å². The Labute approximate surface area is 66.4 Å². The van der Waals surface area contributed by atoms with Crippen LogP contribution < -0.4 is 0 Å². The number of hydrogen-bond acceptors (Lipinski definition) is 1. The van der Waals surface area contributed by atoms with E-state index in [0.717, 1.165) is 24.4 Å². The van der Waals surface area contributed by atoms with Gasteiger partial charge in [-0.1, -0.05) is 0 Å². The molecule has 1 saturated heterocycles. The molecule has 3 atom stereocenters. The summed E-state index contributed by atoms with van der Waals surface area (Å²) in [6.45, 7) is 3.27. The lowest BCUT2D eigenvalue weighted by molar-refractivity contribution is 0.0469. The lowest BCUT2D eigenvalue weighted by atomic mass is 9.99. The van der Waals surface area contributed by atoms with Crippen LogP contribution in [0.5, 0.6) is 0 Å². The Kier molecular flexibility index (Phi) is 0.587. The van der Waals surface area contributed by atoms with E-state index < -0.39 is 0 Å². The Morgan fingerprint density at radius 3 is 2.73 bits per heavy atom. The van der Waals surface area contributed by atoms with Crippen molar-refractivity contribution in [2.45, 2.75) is 25.4 Å². The van der Waals surface area contributed by atoms with Crippen LogP contribution in [0.1, 0.15) is 19.8 Å². The van der Waals surface area contributed by atoms with Crippen molar-refractivity contribution in [1.29, 1.82) is 0 Å². The van der Waals surface area contributed by atoms with Crippen molar-refractivity contribution in [3.05, 3.63) is 11.1 Å². The summed E-state index contributed by atoms with van der Waals surface area (Å²) in [5.41, 5.74) is 3.56. The van der Waals surface area contributed by atoms with Gasteiger partial charge in [-0.3, -0.25) is 0 Å². The topological polar surface area (TPSA) is 9.23 Å². The molecule has 1 nitrogen and oxygen atoms in total. The molecule has 0 aromatic carbocycles. The molecule has 0 spiro atoms. The molecule has 0 N–H and O–H groups in total. The summed E-state index contributed by atoms with van der Waals surface area (Å²) in [6.07, 6.45) is 2.75. The van der Waals surface area contributed by atoms with Crippen LogP contribution in [0.25, 0.3) is 0 Å². The van der Waals surface area contributed by atoms with Gasteiger partial charge in [-0.25, -0.2) is 0 Å². The van der Waals surface area contributed by atoms with E-state index in [0.29, 0.717) is 0 Å². The van der Waals surface area contributed by atoms with Crippen molar-refractivity contribution >= 4 is 0 Å². The van der Waals surface area contributed by atoms with E-state index in [2.05, 4.69) is 6.92 Å². The Morgan fingerprint density at radius 2 is 2.27 bits per heavy atom. The van der Waals surface area contributed by atoms with Crippen molar-refractivity contribution in [3.63, 3.8) is 0 Å². The Bertz CT molecular complexity index is 283. The SMILES string of the molecule is CC1=C2CCOC12C1C2CC21. The van der Waals surface area contributed by atoms with E-state index in [1.54, 1.807) is 11.1 Å². The fraction of sp³-hybridized carbons (Fsp3) is 0.800. The van der Waals surface area contributed by atoms with Crippen LogP contribution in [0.3, 0.4) is 0 Å². The zero-order chi connectivity index (χ0) is 7.22. The van der Waals surface area contributed by atoms with Crippen LogP contribution in [0.15, 0.2) is 11.1 Å². The number of rotatable bonds is 1. The minimum absolute atomic E-state index is 0.285. The summed E-state index contributed by atoms with van der Waals surface area (Å²) in [4.78, 5) is 0. The van der Waals surface area contributed by atoms with Crippen molar-refractivity contribution in [2.24, 2.45) is 17.8 Å². The number of hydrogen-bond donors (Lipinski definition) is 0. The Balaban J connectivity index is 1.73. The van der Waals surface area contributed by atoms with Crippen LogP contribution in [0.4, 0.5) is 0 Å². The second-order valence-corrected chi connectivity index (χ2v) is 4.53. The standard InChI is InChI=1S/C10H12O/c1-5-8-2-3-11-10(5,8)9-6-4-7(6)9/h6-7,9H,2-4H2,1H3. The molecule has 0 amide bonds. The molecule has 4 rings (SSSR count). The van der Waals surface area contributed by atoms with E-state index >= 15 is 0 Å². The van der Waals surface area contributed by atoms with E-state index in [4.69, 9.17) is 4.74 Å². The summed E-state index contributed by atoms with van der Waals surface area (Å²) in [5, 5.41) is 0. The van der Waals surface area contributed by atoms with Gasteiger partial charge in [0.1, 0.15) is 5.60 Å². The summed E-state index contributed by atoms with van der Waals surface area (Å²) >= 11 is 0. The lowest BCUT2D eigenvalue weighted by Gasteiger charge is -2.18. The maximum absolute atomic E-state index is 5.88. The monoisotopic (exact) mass is 148 g/mol. The molecule has 3 unspecified atom stereocenters. The normalized spacial score (nSPS) is 62.5. The first-order chi connectivity index (χ1) is 5.36. The Morgan fingerprint density at radius 1 is 1.45 bits per heavy atom. The largest absolute Gasteiger partial charge is 0.366 e. The van der Waals surface area contributed by atoms with Gasteiger partial charge in [-0.15, -0.1) is 0 Å². The molecule has 0 aromatic rings. The summed E-state index contributed by atoms with van der Waals surface area (Å²) in [6, 6.07) is 0. The van der Waals surface area contributed by atoms with Gasteiger partial charge in [-0.05, 0) is 42.7 Å². The third kappa shape index (κ3) is 0.384. The molecule has 4 aliphatic rings. The van der Waals surface area contributed by atoms with Crippen LogP contribution in [0, 0.1) is 17.8 Å². The fourth-order valence-corrected chi connectivity index (χ4v) is 3.28. The zero-order valence-corrected chi connectivity index (χ0v) is 6.76. The minimum Gasteiger partial charge on any atom is -0.366 e. The summed E-state index contributed by atoms with van der Waals surface area (Å²) in [5.74, 6) is 3.13. The highest BCUT2D eigenvalue weighted by Gasteiger charge is 2.78. The third-order valence-electron chi connectivity index (χ3n) is 4.22. The van der Waals surface area contributed by atoms with Crippen molar-refractivity contribution in [3.8, 4) is 0 Å². The van der Waals surface area contributed by atoms with Crippen molar-refractivity contribution in [2.75, 3.05) is 6.61 Å². The van der Waals surface area contributed by atoms with Gasteiger partial charge in [0.05, 0.1) is 6.61 Å². The molecule has 58 valence electrons. The quantitative estimate of drug-likeness (QED) is 0.515. The average molecular weight is 148 g/mol. The van der Waals surface area contributed by atoms with Gasteiger partial charge in [-0.2, -0.15) is 0 Å². The van der Waals surface area contributed by atoms with Gasteiger partial charge >= 0.3 is 0 Å². The maximum atomic E-state index is 5.88. The van der Waals surface area contributed by atoms with E-state index in [1.807, 2.05) is 0 Å². The highest BCUT2D eigenvalue weighted by atomic mass is 16.5. The number of ether oxygens (including phenoxy) is 1. The highest BCUT2D eigenvalue weighted by Crippen LogP contribution is 2.79. The predicted octanol–water partition coefficient (Wildman–Crippen LogP) is 1.74. The molecule has 3 aliphatic carbocycles. The van der Waals surface area contributed by atoms with E-state index in [9.17, 15) is 0 Å². The number of fused-ring (bicyclic) bond motifs is 2. The molecular weight excluding hydrogens is 136 g/mol. The van der Waals surface area contributed by atoms with Crippen LogP contribution in [-0.2, 0) is 4.74 Å². The first-order valence-corrected chi connectivity index (χ1v) is 4.70. The first kappa shape index (κ1) is 5.36. The molecule has 1 heteroatoms. The molecule has 1 aliphatic heterocycles. The van der Waals surface area contributed by atoms with E-state index in [-0.39, 0.29) is 5.60 Å². The van der Waals surface area contributed by atoms with Crippen molar-refractivity contribution < 1.29 is 4.74 Å². The van der Waals surface area contributed by atoms with Gasteiger partial charge in [0.2, 0.25) is 0 Å². The smallest absolute Gasteiger partial charge is 0.114 e. The molecule has 0 aromatic heterocycles. The van der Waals surface area contributed by atoms with Crippen LogP contribution in [0.2, 0.25) is 0 Å². The molecule has 3 fully saturated rings. The first-order valence-electron chi connectivity index (χ1n) is 4.70. The van der Waals surface area contributed by atoms with Crippen molar-refractivity contribution in [1.82, 2.24) is 0 Å². The molecule has 0 radical (unpaired) electrons. The maximum Gasteiger partial charge on any atom is 0.114 e. The average Bonchev–Trinajstić information content (AvgIpc) is 2.86. The van der Waals surface area contributed by atoms with Crippen LogP contribution in [-0.4, -0.2) is 12.2 Å². The Hall–Kier alpha value is -0.300. The second-order valence-electron chi connectivity index (χ2n) is 4.53.